The molecule has 0 spiro atoms. The number of amides is 1. The Kier molecular flexibility index (Phi) is 5.56. The minimum absolute atomic E-state index is 0.0452. The average Bonchev–Trinajstić information content (AvgIpc) is 2.92. The van der Waals surface area contributed by atoms with E-state index in [-0.39, 0.29) is 5.91 Å². The van der Waals surface area contributed by atoms with E-state index >= 15 is 0 Å². The molecule has 2 aromatic rings. The van der Waals surface area contributed by atoms with Gasteiger partial charge in [-0.25, -0.2) is 0 Å². The third-order valence-corrected chi connectivity index (χ3v) is 3.65. The number of hydrogen-bond acceptors (Lipinski definition) is 3. The summed E-state index contributed by atoms with van der Waals surface area (Å²) in [6.07, 6.45) is 2.52. The highest BCUT2D eigenvalue weighted by Crippen LogP contribution is 2.23. The molecular weight excluding hydrogens is 294 g/mol. The fraction of sp³-hybridized carbons (Fsp3) is 0.267. The van der Waals surface area contributed by atoms with Gasteiger partial charge >= 0.3 is 0 Å². The van der Waals surface area contributed by atoms with Gasteiger partial charge in [0.1, 0.15) is 11.5 Å². The maximum Gasteiger partial charge on any atom is 0.221 e. The van der Waals surface area contributed by atoms with Gasteiger partial charge in [0, 0.05) is 22.8 Å². The minimum Gasteiger partial charge on any atom is -0.459 e. The van der Waals surface area contributed by atoms with E-state index in [9.17, 15) is 4.79 Å². The highest BCUT2D eigenvalue weighted by Gasteiger charge is 2.06. The van der Waals surface area contributed by atoms with E-state index < -0.39 is 0 Å². The molecule has 1 amide bonds. The number of rotatable bonds is 6. The van der Waals surface area contributed by atoms with E-state index in [2.05, 4.69) is 5.32 Å². The molecule has 0 bridgehead atoms. The van der Waals surface area contributed by atoms with Crippen LogP contribution in [0.3, 0.4) is 0 Å². The molecule has 0 aliphatic rings. The maximum atomic E-state index is 11.5. The van der Waals surface area contributed by atoms with E-state index in [1.807, 2.05) is 42.7 Å². The molecule has 3 nitrogen and oxygen atoms in total. The fourth-order valence-electron chi connectivity index (χ4n) is 1.71. The van der Waals surface area contributed by atoms with Gasteiger partial charge in [-0.15, -0.1) is 0 Å². The van der Waals surface area contributed by atoms with Crippen molar-refractivity contribution in [3.63, 3.8) is 0 Å². The van der Waals surface area contributed by atoms with E-state index in [0.29, 0.717) is 18.0 Å². The maximum absolute atomic E-state index is 11.5. The lowest BCUT2D eigenvalue weighted by molar-refractivity contribution is -0.120. The number of halogens is 1. The summed E-state index contributed by atoms with van der Waals surface area (Å²) in [5, 5.41) is 3.54. The quantitative estimate of drug-likeness (QED) is 0.878. The van der Waals surface area contributed by atoms with Crippen molar-refractivity contribution in [1.82, 2.24) is 5.32 Å². The molecule has 0 fully saturated rings. The van der Waals surface area contributed by atoms with Crippen molar-refractivity contribution in [1.29, 1.82) is 0 Å². The first-order valence-corrected chi connectivity index (χ1v) is 8.06. The lowest BCUT2D eigenvalue weighted by atomic mass is 10.2. The Balaban J connectivity index is 1.92. The molecule has 1 aromatic heterocycles. The van der Waals surface area contributed by atoms with Crippen LogP contribution in [0.2, 0.25) is 5.02 Å². The lowest BCUT2D eigenvalue weighted by Crippen LogP contribution is -2.22. The Morgan fingerprint density at radius 3 is 2.70 bits per heavy atom. The third-order valence-electron chi connectivity index (χ3n) is 2.78. The molecule has 2 rings (SSSR count). The zero-order valence-corrected chi connectivity index (χ0v) is 12.8. The monoisotopic (exact) mass is 309 g/mol. The Morgan fingerprint density at radius 1 is 1.25 bits per heavy atom. The van der Waals surface area contributed by atoms with Crippen LogP contribution in [-0.4, -0.2) is 17.9 Å². The summed E-state index contributed by atoms with van der Waals surface area (Å²) in [5.74, 6) is 2.39. The second-order valence-electron chi connectivity index (χ2n) is 4.29. The summed E-state index contributed by atoms with van der Waals surface area (Å²) in [5.41, 5.74) is 0.967. The minimum atomic E-state index is 0.0452. The van der Waals surface area contributed by atoms with Gasteiger partial charge in [-0.1, -0.05) is 11.6 Å². The second-order valence-corrected chi connectivity index (χ2v) is 5.71. The number of furan rings is 1. The predicted octanol–water partition coefficient (Wildman–Crippen LogP) is 3.97. The van der Waals surface area contributed by atoms with Gasteiger partial charge in [0.15, 0.2) is 0 Å². The Morgan fingerprint density at radius 2 is 2.00 bits per heavy atom. The summed E-state index contributed by atoms with van der Waals surface area (Å²) in [7, 11) is 0. The summed E-state index contributed by atoms with van der Waals surface area (Å²) in [6, 6.07) is 11.2. The van der Waals surface area contributed by atoms with Crippen LogP contribution in [0.1, 0.15) is 12.2 Å². The van der Waals surface area contributed by atoms with Gasteiger partial charge in [0.25, 0.3) is 0 Å². The van der Waals surface area contributed by atoms with Gasteiger partial charge < -0.3 is 9.73 Å². The van der Waals surface area contributed by atoms with Gasteiger partial charge in [-0.3, -0.25) is 4.79 Å². The molecule has 0 saturated carbocycles. The van der Waals surface area contributed by atoms with Crippen molar-refractivity contribution in [2.75, 3.05) is 12.0 Å². The molecule has 0 atom stereocenters. The zero-order chi connectivity index (χ0) is 14.4. The Labute approximate surface area is 127 Å². The van der Waals surface area contributed by atoms with E-state index in [1.165, 1.54) is 0 Å². The van der Waals surface area contributed by atoms with Crippen LogP contribution in [0.5, 0.6) is 0 Å². The van der Waals surface area contributed by atoms with Crippen LogP contribution in [0.25, 0.3) is 11.3 Å². The van der Waals surface area contributed by atoms with Crippen molar-refractivity contribution < 1.29 is 9.21 Å². The zero-order valence-electron chi connectivity index (χ0n) is 11.2. The topological polar surface area (TPSA) is 42.2 Å². The smallest absolute Gasteiger partial charge is 0.221 e. The van der Waals surface area contributed by atoms with Gasteiger partial charge in [-0.2, -0.15) is 11.8 Å². The number of hydrogen-bond donors (Lipinski definition) is 1. The van der Waals surface area contributed by atoms with Crippen molar-refractivity contribution in [3.05, 3.63) is 47.2 Å². The average molecular weight is 310 g/mol. The number of nitrogens with one attached hydrogen (secondary N) is 1. The van der Waals surface area contributed by atoms with Crippen LogP contribution >= 0.6 is 23.4 Å². The van der Waals surface area contributed by atoms with Gasteiger partial charge in [0.05, 0.1) is 6.54 Å². The molecule has 1 N–H and O–H groups in total. The Bertz CT molecular complexity index is 566. The lowest BCUT2D eigenvalue weighted by Gasteiger charge is -2.02. The third kappa shape index (κ3) is 4.32. The molecule has 0 radical (unpaired) electrons. The molecule has 5 heteroatoms. The van der Waals surface area contributed by atoms with Crippen molar-refractivity contribution in [2.45, 2.75) is 13.0 Å². The Hall–Kier alpha value is -1.39. The van der Waals surface area contributed by atoms with Crippen molar-refractivity contribution in [3.8, 4) is 11.3 Å². The molecule has 0 unspecified atom stereocenters. The summed E-state index contributed by atoms with van der Waals surface area (Å²) in [6.45, 7) is 0.417. The molecule has 0 aliphatic carbocycles. The van der Waals surface area contributed by atoms with Gasteiger partial charge in [-0.05, 0) is 42.7 Å². The first-order valence-electron chi connectivity index (χ1n) is 6.29. The first kappa shape index (κ1) is 15.0. The van der Waals surface area contributed by atoms with Crippen molar-refractivity contribution >= 4 is 29.3 Å². The predicted molar refractivity (Wildman–Crippen MR) is 84.0 cm³/mol. The van der Waals surface area contributed by atoms with Gasteiger partial charge in [0.2, 0.25) is 5.91 Å². The van der Waals surface area contributed by atoms with E-state index in [0.717, 1.165) is 22.8 Å². The normalized spacial score (nSPS) is 10.5. The van der Waals surface area contributed by atoms with Crippen LogP contribution < -0.4 is 5.32 Å². The molecule has 0 aliphatic heterocycles. The first-order chi connectivity index (χ1) is 9.69. The number of carbonyl (C=O) groups is 1. The van der Waals surface area contributed by atoms with E-state index in [4.69, 9.17) is 16.0 Å². The highest BCUT2D eigenvalue weighted by atomic mass is 35.5. The SMILES string of the molecule is CSCCC(=O)NCc1ccc(-c2ccc(Cl)cc2)o1. The molecule has 1 heterocycles. The molecule has 0 saturated heterocycles. The summed E-state index contributed by atoms with van der Waals surface area (Å²) < 4.78 is 5.70. The van der Waals surface area contributed by atoms with Crippen molar-refractivity contribution in [2.24, 2.45) is 0 Å². The number of benzene rings is 1. The summed E-state index contributed by atoms with van der Waals surface area (Å²) >= 11 is 7.51. The molecule has 20 heavy (non-hydrogen) atoms. The van der Waals surface area contributed by atoms with Crippen LogP contribution in [0.4, 0.5) is 0 Å². The largest absolute Gasteiger partial charge is 0.459 e. The summed E-state index contributed by atoms with van der Waals surface area (Å²) in [4.78, 5) is 11.5. The van der Waals surface area contributed by atoms with Crippen LogP contribution in [0.15, 0.2) is 40.8 Å². The number of thioether (sulfide) groups is 1. The van der Waals surface area contributed by atoms with Crippen LogP contribution in [0, 0.1) is 0 Å². The number of carbonyl (C=O) groups excluding carboxylic acids is 1. The molecule has 1 aromatic carbocycles. The second kappa shape index (κ2) is 7.41. The fourth-order valence-corrected chi connectivity index (χ4v) is 2.23. The van der Waals surface area contributed by atoms with Crippen LogP contribution in [-0.2, 0) is 11.3 Å². The van der Waals surface area contributed by atoms with E-state index in [1.54, 1.807) is 11.8 Å². The highest BCUT2D eigenvalue weighted by molar-refractivity contribution is 7.98. The standard InChI is InChI=1S/C15H16ClNO2S/c1-20-9-8-15(18)17-10-13-6-7-14(19-13)11-2-4-12(16)5-3-11/h2-7H,8-10H2,1H3,(H,17,18). The molecule has 106 valence electrons. The molecular formula is C15H16ClNO2S.